The van der Waals surface area contributed by atoms with Crippen LogP contribution in [0.15, 0.2) is 0 Å². The predicted octanol–water partition coefficient (Wildman–Crippen LogP) is 1.54. The lowest BCUT2D eigenvalue weighted by molar-refractivity contribution is 0.208. The molecule has 0 aliphatic heterocycles. The van der Waals surface area contributed by atoms with Crippen LogP contribution in [0.1, 0.15) is 18.1 Å². The molecule has 0 saturated heterocycles. The number of hydrogen-bond donors (Lipinski definition) is 2. The molecule has 0 saturated carbocycles. The van der Waals surface area contributed by atoms with Crippen molar-refractivity contribution >= 4 is 17.4 Å². The summed E-state index contributed by atoms with van der Waals surface area (Å²) < 4.78 is 0. The van der Waals surface area contributed by atoms with Crippen molar-refractivity contribution in [2.24, 2.45) is 0 Å². The van der Waals surface area contributed by atoms with Crippen LogP contribution in [0.5, 0.6) is 0 Å². The average Bonchev–Trinajstić information content (AvgIpc) is 2.13. The molecule has 78 valence electrons. The average molecular weight is 216 g/mol. The van der Waals surface area contributed by atoms with Crippen molar-refractivity contribution in [1.82, 2.24) is 10.2 Å². The van der Waals surface area contributed by atoms with Crippen molar-refractivity contribution in [3.8, 4) is 0 Å². The van der Waals surface area contributed by atoms with E-state index in [4.69, 9.17) is 16.7 Å². The molecule has 0 radical (unpaired) electrons. The summed E-state index contributed by atoms with van der Waals surface area (Å²) in [5.74, 6) is 0.674. The van der Waals surface area contributed by atoms with E-state index in [1.54, 1.807) is 6.92 Å². The van der Waals surface area contributed by atoms with Gasteiger partial charge in [-0.05, 0) is 31.9 Å². The summed E-state index contributed by atoms with van der Waals surface area (Å²) in [6, 6.07) is 0. The van der Waals surface area contributed by atoms with Crippen molar-refractivity contribution in [2.45, 2.75) is 26.9 Å². The normalized spacial score (nSPS) is 12.6. The zero-order valence-electron chi connectivity index (χ0n) is 8.50. The van der Waals surface area contributed by atoms with Crippen LogP contribution in [0.2, 0.25) is 5.15 Å². The molecule has 1 heterocycles. The van der Waals surface area contributed by atoms with Gasteiger partial charge in [-0.2, -0.15) is 0 Å². The van der Waals surface area contributed by atoms with Gasteiger partial charge in [0.2, 0.25) is 0 Å². The number of anilines is 1. The smallest absolute Gasteiger partial charge is 0.155 e. The van der Waals surface area contributed by atoms with Crippen LogP contribution in [0.4, 0.5) is 5.82 Å². The van der Waals surface area contributed by atoms with Crippen molar-refractivity contribution in [3.63, 3.8) is 0 Å². The predicted molar refractivity (Wildman–Crippen MR) is 56.7 cm³/mol. The van der Waals surface area contributed by atoms with E-state index in [2.05, 4.69) is 15.5 Å². The molecule has 0 bridgehead atoms. The van der Waals surface area contributed by atoms with Crippen LogP contribution in [0.3, 0.4) is 0 Å². The third kappa shape index (κ3) is 2.56. The highest BCUT2D eigenvalue weighted by Gasteiger charge is 2.07. The Bertz CT molecular complexity index is 328. The third-order valence-electron chi connectivity index (χ3n) is 2.03. The first-order valence-corrected chi connectivity index (χ1v) is 4.81. The van der Waals surface area contributed by atoms with Gasteiger partial charge in [0.25, 0.3) is 0 Å². The van der Waals surface area contributed by atoms with Crippen LogP contribution < -0.4 is 5.32 Å². The molecule has 0 spiro atoms. The van der Waals surface area contributed by atoms with E-state index in [1.165, 1.54) is 0 Å². The summed E-state index contributed by atoms with van der Waals surface area (Å²) in [6.07, 6.45) is -0.410. The third-order valence-corrected chi connectivity index (χ3v) is 2.39. The molecule has 1 atom stereocenters. The molecule has 4 nitrogen and oxygen atoms in total. The van der Waals surface area contributed by atoms with Crippen LogP contribution in [0, 0.1) is 13.8 Å². The fourth-order valence-electron chi connectivity index (χ4n) is 0.989. The number of nitrogens with zero attached hydrogens (tertiary/aromatic N) is 2. The standard InChI is InChI=1S/C9H14ClN3O/c1-5(14)4-11-9-7(3)6(2)8(10)12-13-9/h5,14H,4H2,1-3H3,(H,11,13). The van der Waals surface area contributed by atoms with Crippen LogP contribution in [0.25, 0.3) is 0 Å². The highest BCUT2D eigenvalue weighted by molar-refractivity contribution is 6.30. The van der Waals surface area contributed by atoms with Crippen molar-refractivity contribution < 1.29 is 5.11 Å². The highest BCUT2D eigenvalue weighted by Crippen LogP contribution is 2.20. The number of hydrogen-bond acceptors (Lipinski definition) is 4. The van der Waals surface area contributed by atoms with Gasteiger partial charge in [0.1, 0.15) is 0 Å². The Labute approximate surface area is 88.3 Å². The Balaban J connectivity index is 2.83. The maximum absolute atomic E-state index is 9.09. The molecular formula is C9H14ClN3O. The van der Waals surface area contributed by atoms with E-state index >= 15 is 0 Å². The molecule has 1 aromatic rings. The molecule has 0 fully saturated rings. The summed E-state index contributed by atoms with van der Waals surface area (Å²) in [4.78, 5) is 0. The molecule has 0 aliphatic rings. The fourth-order valence-corrected chi connectivity index (χ4v) is 1.17. The minimum Gasteiger partial charge on any atom is -0.392 e. The Morgan fingerprint density at radius 2 is 2.00 bits per heavy atom. The van der Waals surface area contributed by atoms with Gasteiger partial charge >= 0.3 is 0 Å². The van der Waals surface area contributed by atoms with E-state index in [-0.39, 0.29) is 0 Å². The lowest BCUT2D eigenvalue weighted by Gasteiger charge is -2.11. The van der Waals surface area contributed by atoms with E-state index in [0.717, 1.165) is 11.1 Å². The largest absolute Gasteiger partial charge is 0.392 e. The minimum atomic E-state index is -0.410. The second kappa shape index (κ2) is 4.57. The molecule has 1 unspecified atom stereocenters. The number of nitrogens with one attached hydrogen (secondary N) is 1. The molecule has 0 aromatic carbocycles. The highest BCUT2D eigenvalue weighted by atomic mass is 35.5. The van der Waals surface area contributed by atoms with Gasteiger partial charge in [0, 0.05) is 6.54 Å². The molecule has 1 aromatic heterocycles. The Morgan fingerprint density at radius 3 is 2.57 bits per heavy atom. The monoisotopic (exact) mass is 215 g/mol. The SMILES string of the molecule is Cc1c(Cl)nnc(NCC(C)O)c1C. The van der Waals surface area contributed by atoms with Crippen LogP contribution >= 0.6 is 11.6 Å². The first-order chi connectivity index (χ1) is 6.52. The van der Waals surface area contributed by atoms with E-state index < -0.39 is 6.10 Å². The molecule has 1 rings (SSSR count). The summed E-state index contributed by atoms with van der Waals surface area (Å²) in [5, 5.41) is 20.2. The quantitative estimate of drug-likeness (QED) is 0.803. The summed E-state index contributed by atoms with van der Waals surface area (Å²) in [5.41, 5.74) is 1.88. The van der Waals surface area contributed by atoms with E-state index in [0.29, 0.717) is 17.5 Å². The number of rotatable bonds is 3. The summed E-state index contributed by atoms with van der Waals surface area (Å²) >= 11 is 5.80. The fraction of sp³-hybridized carbons (Fsp3) is 0.556. The van der Waals surface area contributed by atoms with Gasteiger partial charge in [0.15, 0.2) is 11.0 Å². The number of aliphatic hydroxyl groups is 1. The minimum absolute atomic E-state index is 0.410. The van der Waals surface area contributed by atoms with Gasteiger partial charge in [-0.15, -0.1) is 10.2 Å². The second-order valence-electron chi connectivity index (χ2n) is 3.32. The Morgan fingerprint density at radius 1 is 1.36 bits per heavy atom. The van der Waals surface area contributed by atoms with Gasteiger partial charge in [-0.3, -0.25) is 0 Å². The maximum atomic E-state index is 9.09. The van der Waals surface area contributed by atoms with Crippen LogP contribution in [-0.2, 0) is 0 Å². The lowest BCUT2D eigenvalue weighted by Crippen LogP contribution is -2.17. The van der Waals surface area contributed by atoms with Gasteiger partial charge in [-0.1, -0.05) is 11.6 Å². The molecule has 2 N–H and O–H groups in total. The molecule has 0 amide bonds. The first-order valence-electron chi connectivity index (χ1n) is 4.43. The van der Waals surface area contributed by atoms with Crippen molar-refractivity contribution in [2.75, 3.05) is 11.9 Å². The number of aliphatic hydroxyl groups excluding tert-OH is 1. The van der Waals surface area contributed by atoms with Gasteiger partial charge in [-0.25, -0.2) is 0 Å². The topological polar surface area (TPSA) is 58.0 Å². The zero-order valence-corrected chi connectivity index (χ0v) is 9.26. The van der Waals surface area contributed by atoms with Crippen LogP contribution in [-0.4, -0.2) is 28.0 Å². The van der Waals surface area contributed by atoms with Gasteiger partial charge in [0.05, 0.1) is 6.10 Å². The summed E-state index contributed by atoms with van der Waals surface area (Å²) in [7, 11) is 0. The second-order valence-corrected chi connectivity index (χ2v) is 3.68. The molecular weight excluding hydrogens is 202 g/mol. The molecule has 14 heavy (non-hydrogen) atoms. The lowest BCUT2D eigenvalue weighted by atomic mass is 10.2. The first kappa shape index (κ1) is 11.2. The molecule has 0 aliphatic carbocycles. The molecule has 5 heteroatoms. The number of halogens is 1. The Hall–Kier alpha value is -0.870. The van der Waals surface area contributed by atoms with Gasteiger partial charge < -0.3 is 10.4 Å². The van der Waals surface area contributed by atoms with E-state index in [9.17, 15) is 0 Å². The van der Waals surface area contributed by atoms with E-state index in [1.807, 2.05) is 13.8 Å². The summed E-state index contributed by atoms with van der Waals surface area (Å²) in [6.45, 7) is 5.97. The van der Waals surface area contributed by atoms with Crippen molar-refractivity contribution in [1.29, 1.82) is 0 Å². The Kier molecular flexibility index (Phi) is 3.66. The maximum Gasteiger partial charge on any atom is 0.155 e. The van der Waals surface area contributed by atoms with Crippen molar-refractivity contribution in [3.05, 3.63) is 16.3 Å². The number of aromatic nitrogens is 2. The zero-order chi connectivity index (χ0) is 10.7.